The number of amides is 2. The molecule has 0 N–H and O–H groups in total. The number of carbonyl (C=O) groups excluding carboxylic acids is 3. The van der Waals surface area contributed by atoms with Crippen molar-refractivity contribution in [2.75, 3.05) is 23.8 Å². The van der Waals surface area contributed by atoms with Gasteiger partial charge in [0.1, 0.15) is 5.60 Å². The van der Waals surface area contributed by atoms with E-state index in [9.17, 15) is 14.4 Å². The van der Waals surface area contributed by atoms with Crippen molar-refractivity contribution in [3.8, 4) is 0 Å². The van der Waals surface area contributed by atoms with Gasteiger partial charge in [-0.1, -0.05) is 12.1 Å². The van der Waals surface area contributed by atoms with E-state index in [1.54, 1.807) is 24.3 Å². The Morgan fingerprint density at radius 2 is 1.73 bits per heavy atom. The summed E-state index contributed by atoms with van der Waals surface area (Å²) in [5.41, 5.74) is 1.47. The Balaban J connectivity index is 1.61. The molecule has 0 unspecified atom stereocenters. The number of hydrogen-bond donors (Lipinski definition) is 0. The van der Waals surface area contributed by atoms with E-state index in [1.165, 1.54) is 16.7 Å². The lowest BCUT2D eigenvalue weighted by Crippen LogP contribution is -2.35. The summed E-state index contributed by atoms with van der Waals surface area (Å²) in [6, 6.07) is 6.80. The highest BCUT2D eigenvalue weighted by Gasteiger charge is 2.38. The number of esters is 1. The molecular weight excluding hydrogens is 440 g/mol. The normalized spacial score (nSPS) is 20.0. The molecule has 0 spiro atoms. The first-order valence-electron chi connectivity index (χ1n) is 9.60. The van der Waals surface area contributed by atoms with Crippen molar-refractivity contribution < 1.29 is 19.1 Å². The quantitative estimate of drug-likeness (QED) is 0.497. The van der Waals surface area contributed by atoms with Crippen molar-refractivity contribution in [2.24, 2.45) is 4.99 Å². The van der Waals surface area contributed by atoms with Crippen LogP contribution in [0.5, 0.6) is 0 Å². The van der Waals surface area contributed by atoms with Crippen molar-refractivity contribution in [2.45, 2.75) is 31.0 Å². The van der Waals surface area contributed by atoms with E-state index in [0.29, 0.717) is 27.6 Å². The van der Waals surface area contributed by atoms with Gasteiger partial charge in [-0.2, -0.15) is 0 Å². The fourth-order valence-corrected chi connectivity index (χ4v) is 7.46. The lowest BCUT2D eigenvalue weighted by Gasteiger charge is -2.25. The molecule has 1 aromatic rings. The molecule has 1 saturated heterocycles. The van der Waals surface area contributed by atoms with E-state index in [0.717, 1.165) is 17.1 Å². The molecule has 3 aliphatic heterocycles. The van der Waals surface area contributed by atoms with Crippen LogP contribution in [0, 0.1) is 0 Å². The van der Waals surface area contributed by atoms with Gasteiger partial charge in [0.2, 0.25) is 0 Å². The zero-order chi connectivity index (χ0) is 21.5. The SMILES string of the molecule is CC(C)(C)OC(=O)C1=C(C2SCCS2)CSC(CN2C(=O)c3ccccc3C2=O)=N1. The molecule has 9 heteroatoms. The molecule has 2 amide bonds. The number of aliphatic imine (C=N–C) groups is 1. The van der Waals surface area contributed by atoms with Crippen LogP contribution in [-0.2, 0) is 9.53 Å². The smallest absolute Gasteiger partial charge is 0.357 e. The molecule has 1 fully saturated rings. The third-order valence-corrected chi connectivity index (χ3v) is 8.74. The number of fused-ring (bicyclic) bond motifs is 1. The van der Waals surface area contributed by atoms with Crippen LogP contribution < -0.4 is 0 Å². The summed E-state index contributed by atoms with van der Waals surface area (Å²) in [4.78, 5) is 44.1. The van der Waals surface area contributed by atoms with E-state index in [2.05, 4.69) is 4.99 Å². The van der Waals surface area contributed by atoms with Crippen molar-refractivity contribution in [3.05, 3.63) is 46.7 Å². The maximum atomic E-state index is 12.9. The highest BCUT2D eigenvalue weighted by molar-refractivity contribution is 8.20. The maximum Gasteiger partial charge on any atom is 0.357 e. The summed E-state index contributed by atoms with van der Waals surface area (Å²) in [5, 5.41) is 0.571. The average Bonchev–Trinajstić information content (AvgIpc) is 3.31. The standard InChI is InChI=1S/C21H22N2O4S3/c1-21(2,3)27-19(26)16-14(20-28-8-9-29-20)11-30-15(22-16)10-23-17(24)12-6-4-5-7-13(12)18(23)25/h4-7,20H,8-11H2,1-3H3. The van der Waals surface area contributed by atoms with Crippen LogP contribution in [0.15, 0.2) is 40.5 Å². The molecule has 0 aliphatic carbocycles. The zero-order valence-electron chi connectivity index (χ0n) is 17.0. The highest BCUT2D eigenvalue weighted by atomic mass is 32.2. The van der Waals surface area contributed by atoms with Gasteiger partial charge >= 0.3 is 5.97 Å². The average molecular weight is 463 g/mol. The maximum absolute atomic E-state index is 12.9. The Kier molecular flexibility index (Phi) is 6.05. The minimum atomic E-state index is -0.631. The van der Waals surface area contributed by atoms with E-state index in [4.69, 9.17) is 4.74 Å². The zero-order valence-corrected chi connectivity index (χ0v) is 19.4. The second-order valence-corrected chi connectivity index (χ2v) is 11.8. The van der Waals surface area contributed by atoms with Crippen molar-refractivity contribution in [1.82, 2.24) is 4.90 Å². The van der Waals surface area contributed by atoms with E-state index >= 15 is 0 Å². The summed E-state index contributed by atoms with van der Waals surface area (Å²) in [7, 11) is 0. The minimum absolute atomic E-state index is 0.0571. The Morgan fingerprint density at radius 1 is 1.13 bits per heavy atom. The number of thioether (sulfide) groups is 3. The molecule has 0 saturated carbocycles. The molecular formula is C21H22N2O4S3. The molecule has 1 aromatic carbocycles. The molecule has 30 heavy (non-hydrogen) atoms. The predicted molar refractivity (Wildman–Crippen MR) is 123 cm³/mol. The van der Waals surface area contributed by atoms with Gasteiger partial charge in [0.25, 0.3) is 11.8 Å². The Bertz CT molecular complexity index is 940. The Morgan fingerprint density at radius 3 is 2.30 bits per heavy atom. The summed E-state index contributed by atoms with van der Waals surface area (Å²) in [5.74, 6) is 1.57. The van der Waals surface area contributed by atoms with Gasteiger partial charge in [0.15, 0.2) is 5.70 Å². The second kappa shape index (κ2) is 8.43. The molecule has 6 nitrogen and oxygen atoms in total. The Labute approximate surface area is 188 Å². The molecule has 0 bridgehead atoms. The van der Waals surface area contributed by atoms with Crippen LogP contribution >= 0.6 is 35.3 Å². The molecule has 0 aromatic heterocycles. The number of nitrogens with zero attached hydrogens (tertiary/aromatic N) is 2. The fraction of sp³-hybridized carbons (Fsp3) is 0.429. The first-order valence-corrected chi connectivity index (χ1v) is 12.7. The fourth-order valence-electron chi connectivity index (χ4n) is 3.30. The molecule has 0 atom stereocenters. The van der Waals surface area contributed by atoms with Gasteiger partial charge in [-0.05, 0) is 38.5 Å². The monoisotopic (exact) mass is 462 g/mol. The number of rotatable bonds is 4. The molecule has 3 heterocycles. The van der Waals surface area contributed by atoms with E-state index in [-0.39, 0.29) is 22.9 Å². The Hall–Kier alpha value is -1.71. The third-order valence-electron chi connectivity index (χ3n) is 4.61. The summed E-state index contributed by atoms with van der Waals surface area (Å²) < 4.78 is 5.78. The summed E-state index contributed by atoms with van der Waals surface area (Å²) >= 11 is 5.10. The van der Waals surface area contributed by atoms with Gasteiger partial charge < -0.3 is 4.74 Å². The van der Waals surface area contributed by atoms with Crippen molar-refractivity contribution in [1.29, 1.82) is 0 Å². The number of imide groups is 1. The largest absolute Gasteiger partial charge is 0.455 e. The van der Waals surface area contributed by atoms with Gasteiger partial charge in [0, 0.05) is 17.3 Å². The summed E-state index contributed by atoms with van der Waals surface area (Å²) in [6.07, 6.45) is 0. The van der Waals surface area contributed by atoms with Crippen LogP contribution in [0.3, 0.4) is 0 Å². The number of benzene rings is 1. The lowest BCUT2D eigenvalue weighted by molar-refractivity contribution is -0.149. The first-order chi connectivity index (χ1) is 14.2. The second-order valence-electron chi connectivity index (χ2n) is 7.99. The highest BCUT2D eigenvalue weighted by Crippen LogP contribution is 2.42. The van der Waals surface area contributed by atoms with Crippen molar-refractivity contribution >= 4 is 58.1 Å². The summed E-state index contributed by atoms with van der Waals surface area (Å²) in [6.45, 7) is 5.53. The van der Waals surface area contributed by atoms with Crippen LogP contribution in [0.4, 0.5) is 0 Å². The molecule has 3 aliphatic rings. The lowest BCUT2D eigenvalue weighted by atomic mass is 10.1. The third kappa shape index (κ3) is 4.33. The minimum Gasteiger partial charge on any atom is -0.455 e. The van der Waals surface area contributed by atoms with Crippen molar-refractivity contribution in [3.63, 3.8) is 0 Å². The van der Waals surface area contributed by atoms with E-state index in [1.807, 2.05) is 44.3 Å². The van der Waals surface area contributed by atoms with Crippen LogP contribution in [0.2, 0.25) is 0 Å². The van der Waals surface area contributed by atoms with E-state index < -0.39 is 11.6 Å². The number of ether oxygens (including phenoxy) is 1. The van der Waals surface area contributed by atoms with Gasteiger partial charge in [-0.25, -0.2) is 9.79 Å². The van der Waals surface area contributed by atoms with Gasteiger partial charge in [0.05, 0.1) is 27.3 Å². The van der Waals surface area contributed by atoms with Crippen LogP contribution in [-0.4, -0.2) is 61.7 Å². The van der Waals surface area contributed by atoms with Crippen LogP contribution in [0.1, 0.15) is 41.5 Å². The van der Waals surface area contributed by atoms with Gasteiger partial charge in [-0.15, -0.1) is 35.3 Å². The predicted octanol–water partition coefficient (Wildman–Crippen LogP) is 3.83. The van der Waals surface area contributed by atoms with Crippen LogP contribution in [0.25, 0.3) is 0 Å². The molecule has 0 radical (unpaired) electrons. The molecule has 4 rings (SSSR count). The number of hydrogen-bond acceptors (Lipinski definition) is 8. The first kappa shape index (κ1) is 21.5. The topological polar surface area (TPSA) is 76.0 Å². The van der Waals surface area contributed by atoms with Gasteiger partial charge in [-0.3, -0.25) is 14.5 Å². The number of carbonyl (C=O) groups is 3. The molecule has 158 valence electrons.